The van der Waals surface area contributed by atoms with E-state index in [0.717, 1.165) is 11.1 Å². The molecule has 0 fully saturated rings. The fourth-order valence-electron chi connectivity index (χ4n) is 3.43. The van der Waals surface area contributed by atoms with Crippen LogP contribution >= 0.6 is 11.8 Å². The predicted molar refractivity (Wildman–Crippen MR) is 118 cm³/mol. The number of esters is 1. The topological polar surface area (TPSA) is 102 Å². The number of fused-ring (bicyclic) bond motifs is 1. The molecule has 2 N–H and O–H groups in total. The molecule has 31 heavy (non-hydrogen) atoms. The quantitative estimate of drug-likeness (QED) is 0.574. The number of carbonyl (C=O) groups is 3. The standard InChI is InChI=1S/C23H25NO6S/c1-14-7-8-19(29-13-21(25)24-18(22(26)27)9-10-31-2)17(11-14)20-12-15-5-3-4-6-16(15)23(28)30-20/h3-8,11,18,20H,9-10,12-13H2,1-2H3,(H,24,25)(H,26,27)/t18-,20-/m1/s1. The summed E-state index contributed by atoms with van der Waals surface area (Å²) in [5.41, 5.74) is 3.09. The molecule has 1 aliphatic rings. The third-order valence-corrected chi connectivity index (χ3v) is 5.65. The fourth-order valence-corrected chi connectivity index (χ4v) is 3.90. The van der Waals surface area contributed by atoms with E-state index in [2.05, 4.69) is 5.32 Å². The lowest BCUT2D eigenvalue weighted by Crippen LogP contribution is -2.43. The zero-order valence-electron chi connectivity index (χ0n) is 17.4. The number of aliphatic carboxylic acids is 1. The SMILES string of the molecule is CSCC[C@@H](NC(=O)COc1ccc(C)cc1[C@H]1Cc2ccccc2C(=O)O1)C(=O)O. The summed E-state index contributed by atoms with van der Waals surface area (Å²) >= 11 is 1.51. The van der Waals surface area contributed by atoms with Gasteiger partial charge in [0.2, 0.25) is 0 Å². The molecule has 0 bridgehead atoms. The number of hydrogen-bond acceptors (Lipinski definition) is 6. The summed E-state index contributed by atoms with van der Waals surface area (Å²) in [6, 6.07) is 11.8. The Kier molecular flexibility index (Phi) is 7.57. The summed E-state index contributed by atoms with van der Waals surface area (Å²) in [6.07, 6.45) is 2.17. The average Bonchev–Trinajstić information content (AvgIpc) is 2.75. The van der Waals surface area contributed by atoms with Gasteiger partial charge in [0.25, 0.3) is 5.91 Å². The number of carboxylic acids is 1. The van der Waals surface area contributed by atoms with E-state index < -0.39 is 30.0 Å². The lowest BCUT2D eigenvalue weighted by molar-refractivity contribution is -0.142. The molecule has 0 saturated carbocycles. The zero-order valence-corrected chi connectivity index (χ0v) is 18.2. The average molecular weight is 444 g/mol. The number of amides is 1. The van der Waals surface area contributed by atoms with E-state index in [1.165, 1.54) is 11.8 Å². The van der Waals surface area contributed by atoms with Crippen LogP contribution < -0.4 is 10.1 Å². The van der Waals surface area contributed by atoms with Gasteiger partial charge in [0.15, 0.2) is 6.61 Å². The zero-order chi connectivity index (χ0) is 22.4. The molecule has 2 aromatic carbocycles. The molecule has 0 unspecified atom stereocenters. The van der Waals surface area contributed by atoms with Crippen LogP contribution in [0.2, 0.25) is 0 Å². The number of hydrogen-bond donors (Lipinski definition) is 2. The Morgan fingerprint density at radius 3 is 2.81 bits per heavy atom. The number of nitrogens with one attached hydrogen (secondary N) is 1. The summed E-state index contributed by atoms with van der Waals surface area (Å²) in [7, 11) is 0. The number of benzene rings is 2. The second-order valence-electron chi connectivity index (χ2n) is 7.32. The molecule has 1 heterocycles. The first-order valence-corrected chi connectivity index (χ1v) is 11.3. The summed E-state index contributed by atoms with van der Waals surface area (Å²) in [5.74, 6) is -0.948. The van der Waals surface area contributed by atoms with E-state index in [1.807, 2.05) is 37.4 Å². The van der Waals surface area contributed by atoms with Gasteiger partial charge in [-0.3, -0.25) is 4.79 Å². The maximum atomic E-state index is 12.4. The van der Waals surface area contributed by atoms with Gasteiger partial charge in [-0.05, 0) is 49.1 Å². The molecular formula is C23H25NO6S. The van der Waals surface area contributed by atoms with Crippen LogP contribution in [0.5, 0.6) is 5.75 Å². The van der Waals surface area contributed by atoms with E-state index in [1.54, 1.807) is 18.2 Å². The largest absolute Gasteiger partial charge is 0.483 e. The highest BCUT2D eigenvalue weighted by Gasteiger charge is 2.29. The highest BCUT2D eigenvalue weighted by Crippen LogP contribution is 2.35. The number of cyclic esters (lactones) is 1. The Balaban J connectivity index is 1.72. The van der Waals surface area contributed by atoms with Crippen molar-refractivity contribution in [3.05, 3.63) is 64.7 Å². The minimum atomic E-state index is -1.08. The van der Waals surface area contributed by atoms with Crippen molar-refractivity contribution in [3.63, 3.8) is 0 Å². The number of thioether (sulfide) groups is 1. The van der Waals surface area contributed by atoms with Gasteiger partial charge >= 0.3 is 11.9 Å². The molecule has 0 saturated heterocycles. The van der Waals surface area contributed by atoms with Gasteiger partial charge in [-0.15, -0.1) is 0 Å². The van der Waals surface area contributed by atoms with Crippen molar-refractivity contribution in [2.24, 2.45) is 0 Å². The fraction of sp³-hybridized carbons (Fsp3) is 0.348. The summed E-state index contributed by atoms with van der Waals surface area (Å²) in [6.45, 7) is 1.58. The van der Waals surface area contributed by atoms with Crippen molar-refractivity contribution < 1.29 is 29.0 Å². The lowest BCUT2D eigenvalue weighted by atomic mass is 9.93. The minimum absolute atomic E-state index is 0.329. The van der Waals surface area contributed by atoms with E-state index in [0.29, 0.717) is 35.5 Å². The number of ether oxygens (including phenoxy) is 2. The van der Waals surface area contributed by atoms with Crippen molar-refractivity contribution in [2.45, 2.75) is 31.9 Å². The van der Waals surface area contributed by atoms with Gasteiger partial charge in [0.1, 0.15) is 17.9 Å². The maximum Gasteiger partial charge on any atom is 0.339 e. The van der Waals surface area contributed by atoms with E-state index >= 15 is 0 Å². The molecular weight excluding hydrogens is 418 g/mol. The van der Waals surface area contributed by atoms with Crippen molar-refractivity contribution in [1.82, 2.24) is 5.32 Å². The van der Waals surface area contributed by atoms with Crippen molar-refractivity contribution in [1.29, 1.82) is 0 Å². The van der Waals surface area contributed by atoms with Gasteiger partial charge < -0.3 is 19.9 Å². The Morgan fingerprint density at radius 1 is 1.29 bits per heavy atom. The monoisotopic (exact) mass is 443 g/mol. The van der Waals surface area contributed by atoms with Crippen LogP contribution in [0.1, 0.15) is 39.6 Å². The molecule has 3 rings (SSSR count). The molecule has 8 heteroatoms. The first-order chi connectivity index (χ1) is 14.9. The lowest BCUT2D eigenvalue weighted by Gasteiger charge is -2.26. The van der Waals surface area contributed by atoms with Crippen LogP contribution in [0.15, 0.2) is 42.5 Å². The molecule has 1 amide bonds. The van der Waals surface area contributed by atoms with Gasteiger partial charge in [-0.1, -0.05) is 29.8 Å². The number of aryl methyl sites for hydroxylation is 1. The van der Waals surface area contributed by atoms with E-state index in [9.17, 15) is 19.5 Å². The van der Waals surface area contributed by atoms with Crippen LogP contribution in [0.3, 0.4) is 0 Å². The smallest absolute Gasteiger partial charge is 0.339 e. The Morgan fingerprint density at radius 2 is 2.06 bits per heavy atom. The number of rotatable bonds is 9. The first kappa shape index (κ1) is 22.7. The van der Waals surface area contributed by atoms with Crippen LogP contribution in [0, 0.1) is 6.92 Å². The molecule has 2 aromatic rings. The molecule has 0 aromatic heterocycles. The maximum absolute atomic E-state index is 12.4. The van der Waals surface area contributed by atoms with Crippen molar-refractivity contribution in [3.8, 4) is 5.75 Å². The van der Waals surface area contributed by atoms with E-state index in [4.69, 9.17) is 9.47 Å². The Labute approximate surface area is 185 Å². The molecule has 0 spiro atoms. The Bertz CT molecular complexity index is 976. The van der Waals surface area contributed by atoms with Crippen LogP contribution in [0.4, 0.5) is 0 Å². The Hall–Kier alpha value is -3.00. The molecule has 1 aliphatic heterocycles. The third kappa shape index (κ3) is 5.79. The number of carboxylic acid groups (broad SMARTS) is 1. The molecule has 2 atom stereocenters. The van der Waals surface area contributed by atoms with E-state index in [-0.39, 0.29) is 6.61 Å². The normalized spacial score (nSPS) is 16.1. The van der Waals surface area contributed by atoms with Crippen LogP contribution in [0.25, 0.3) is 0 Å². The molecule has 7 nitrogen and oxygen atoms in total. The van der Waals surface area contributed by atoms with Crippen LogP contribution in [-0.2, 0) is 20.7 Å². The highest BCUT2D eigenvalue weighted by atomic mass is 32.2. The van der Waals surface area contributed by atoms with Gasteiger partial charge in [-0.25, -0.2) is 9.59 Å². The molecule has 164 valence electrons. The predicted octanol–water partition coefficient (Wildman–Crippen LogP) is 3.15. The number of carbonyl (C=O) groups excluding carboxylic acids is 2. The second kappa shape index (κ2) is 10.3. The first-order valence-electron chi connectivity index (χ1n) is 9.92. The van der Waals surface area contributed by atoms with Gasteiger partial charge in [0.05, 0.1) is 5.56 Å². The van der Waals surface area contributed by atoms with Gasteiger partial charge in [0, 0.05) is 12.0 Å². The van der Waals surface area contributed by atoms with Crippen LogP contribution in [-0.4, -0.2) is 47.6 Å². The van der Waals surface area contributed by atoms with Gasteiger partial charge in [-0.2, -0.15) is 11.8 Å². The minimum Gasteiger partial charge on any atom is -0.483 e. The second-order valence-corrected chi connectivity index (χ2v) is 8.31. The van der Waals surface area contributed by atoms with Crippen molar-refractivity contribution >= 4 is 29.6 Å². The summed E-state index contributed by atoms with van der Waals surface area (Å²) in [5, 5.41) is 11.8. The molecule has 0 radical (unpaired) electrons. The van der Waals surface area contributed by atoms with Crippen molar-refractivity contribution in [2.75, 3.05) is 18.6 Å². The third-order valence-electron chi connectivity index (χ3n) is 5.01. The molecule has 0 aliphatic carbocycles. The highest BCUT2D eigenvalue weighted by molar-refractivity contribution is 7.98. The summed E-state index contributed by atoms with van der Waals surface area (Å²) in [4.78, 5) is 36.0. The summed E-state index contributed by atoms with van der Waals surface area (Å²) < 4.78 is 11.4.